The lowest BCUT2D eigenvalue weighted by atomic mass is 10.0. The van der Waals surface area contributed by atoms with Crippen molar-refractivity contribution >= 4 is 35.0 Å². The van der Waals surface area contributed by atoms with Gasteiger partial charge in [0.1, 0.15) is 11.9 Å². The van der Waals surface area contributed by atoms with Crippen molar-refractivity contribution in [2.75, 3.05) is 10.2 Å². The third kappa shape index (κ3) is 5.11. The highest BCUT2D eigenvalue weighted by atomic mass is 19.1. The summed E-state index contributed by atoms with van der Waals surface area (Å²) in [6.07, 6.45) is -0.175. The number of aryl methyl sites for hydroxylation is 1. The molecule has 3 aromatic carbocycles. The third-order valence-corrected chi connectivity index (χ3v) is 5.85. The molecule has 0 aromatic heterocycles. The minimum absolute atomic E-state index is 0.0342. The number of benzene rings is 3. The van der Waals surface area contributed by atoms with E-state index in [0.717, 1.165) is 10.5 Å². The van der Waals surface area contributed by atoms with Crippen LogP contribution in [0.1, 0.15) is 34.8 Å². The largest absolute Gasteiger partial charge is 0.326 e. The Hall–Kier alpha value is -4.33. The molecule has 0 radical (unpaired) electrons. The number of hydrogen-bond acceptors (Lipinski definition) is 4. The Kier molecular flexibility index (Phi) is 6.73. The maximum atomic E-state index is 13.6. The average molecular weight is 474 g/mol. The molecule has 1 atom stereocenters. The fourth-order valence-electron chi connectivity index (χ4n) is 4.11. The highest BCUT2D eigenvalue weighted by molar-refractivity contribution is 6.23. The lowest BCUT2D eigenvalue weighted by molar-refractivity contribution is -0.122. The standard InChI is InChI=1S/C27H24FN3O4/c1-17-5-3-4-6-23(17)26(34)30(16-19-7-9-20(28)10-8-19)24-15-25(33)31(27(24)35)22-13-11-21(12-14-22)29-18(2)32/h3-14,24H,15-16H2,1-2H3,(H,29,32). The molecule has 3 aromatic rings. The van der Waals surface area contributed by atoms with Gasteiger partial charge in [0.2, 0.25) is 11.8 Å². The number of amides is 4. The van der Waals surface area contributed by atoms with Gasteiger partial charge in [0.25, 0.3) is 11.8 Å². The molecule has 1 heterocycles. The molecule has 1 unspecified atom stereocenters. The van der Waals surface area contributed by atoms with Crippen LogP contribution in [0.15, 0.2) is 72.8 Å². The number of nitrogens with one attached hydrogen (secondary N) is 1. The summed E-state index contributed by atoms with van der Waals surface area (Å²) in [6, 6.07) is 18.0. The van der Waals surface area contributed by atoms with Crippen molar-refractivity contribution in [3.05, 3.63) is 95.3 Å². The summed E-state index contributed by atoms with van der Waals surface area (Å²) >= 11 is 0. The van der Waals surface area contributed by atoms with Gasteiger partial charge in [0.15, 0.2) is 0 Å². The Balaban J connectivity index is 1.66. The van der Waals surface area contributed by atoms with E-state index >= 15 is 0 Å². The van der Waals surface area contributed by atoms with Crippen molar-refractivity contribution < 1.29 is 23.6 Å². The van der Waals surface area contributed by atoms with E-state index in [9.17, 15) is 23.6 Å². The van der Waals surface area contributed by atoms with E-state index in [1.807, 2.05) is 6.07 Å². The van der Waals surface area contributed by atoms with Crippen LogP contribution in [-0.4, -0.2) is 34.6 Å². The number of nitrogens with zero attached hydrogens (tertiary/aromatic N) is 2. The van der Waals surface area contributed by atoms with Crippen LogP contribution >= 0.6 is 0 Å². The first-order chi connectivity index (χ1) is 16.7. The minimum Gasteiger partial charge on any atom is -0.326 e. The SMILES string of the molecule is CC(=O)Nc1ccc(N2C(=O)CC(N(Cc3ccc(F)cc3)C(=O)c3ccccc3C)C2=O)cc1. The summed E-state index contributed by atoms with van der Waals surface area (Å²) in [5.74, 6) is -1.99. The summed E-state index contributed by atoms with van der Waals surface area (Å²) in [6.45, 7) is 3.22. The van der Waals surface area contributed by atoms with Crippen LogP contribution < -0.4 is 10.2 Å². The van der Waals surface area contributed by atoms with E-state index in [4.69, 9.17) is 0 Å². The molecule has 0 bridgehead atoms. The molecule has 8 heteroatoms. The van der Waals surface area contributed by atoms with Crippen molar-refractivity contribution in [2.24, 2.45) is 0 Å². The highest BCUT2D eigenvalue weighted by Crippen LogP contribution is 2.29. The Labute approximate surface area is 202 Å². The van der Waals surface area contributed by atoms with E-state index in [1.165, 1.54) is 24.0 Å². The fourth-order valence-corrected chi connectivity index (χ4v) is 4.11. The first-order valence-electron chi connectivity index (χ1n) is 11.1. The van der Waals surface area contributed by atoms with Crippen LogP contribution in [0.2, 0.25) is 0 Å². The predicted octanol–water partition coefficient (Wildman–Crippen LogP) is 4.07. The Morgan fingerprint density at radius 2 is 1.66 bits per heavy atom. The van der Waals surface area contributed by atoms with Crippen LogP contribution in [0.4, 0.5) is 15.8 Å². The van der Waals surface area contributed by atoms with Gasteiger partial charge in [-0.2, -0.15) is 0 Å². The average Bonchev–Trinajstić information content (AvgIpc) is 3.12. The molecule has 1 saturated heterocycles. The van der Waals surface area contributed by atoms with Crippen molar-refractivity contribution in [3.63, 3.8) is 0 Å². The Morgan fingerprint density at radius 1 is 1.00 bits per heavy atom. The van der Waals surface area contributed by atoms with Crippen molar-refractivity contribution in [1.82, 2.24) is 4.90 Å². The summed E-state index contributed by atoms with van der Waals surface area (Å²) in [5.41, 5.74) is 2.68. The minimum atomic E-state index is -1.02. The zero-order valence-electron chi connectivity index (χ0n) is 19.3. The zero-order valence-corrected chi connectivity index (χ0v) is 19.3. The topological polar surface area (TPSA) is 86.8 Å². The van der Waals surface area contributed by atoms with Gasteiger partial charge in [-0.15, -0.1) is 0 Å². The van der Waals surface area contributed by atoms with Gasteiger partial charge in [-0.25, -0.2) is 9.29 Å². The molecule has 0 spiro atoms. The summed E-state index contributed by atoms with van der Waals surface area (Å²) < 4.78 is 13.4. The fraction of sp³-hybridized carbons (Fsp3) is 0.185. The van der Waals surface area contributed by atoms with Gasteiger partial charge in [-0.3, -0.25) is 19.2 Å². The number of rotatable bonds is 6. The lowest BCUT2D eigenvalue weighted by Gasteiger charge is -2.28. The smallest absolute Gasteiger partial charge is 0.257 e. The molecule has 4 amide bonds. The first kappa shape index (κ1) is 23.8. The monoisotopic (exact) mass is 473 g/mol. The number of imide groups is 1. The Bertz CT molecular complexity index is 1290. The molecule has 1 fully saturated rings. The molecule has 4 rings (SSSR count). The highest BCUT2D eigenvalue weighted by Gasteiger charge is 2.44. The summed E-state index contributed by atoms with van der Waals surface area (Å²) in [4.78, 5) is 53.7. The Morgan fingerprint density at radius 3 is 2.29 bits per heavy atom. The van der Waals surface area contributed by atoms with E-state index in [0.29, 0.717) is 22.5 Å². The van der Waals surface area contributed by atoms with Crippen LogP contribution in [0.5, 0.6) is 0 Å². The van der Waals surface area contributed by atoms with E-state index < -0.39 is 23.7 Å². The van der Waals surface area contributed by atoms with Crippen LogP contribution in [0, 0.1) is 12.7 Å². The second kappa shape index (κ2) is 9.89. The van der Waals surface area contributed by atoms with Crippen LogP contribution in [0.3, 0.4) is 0 Å². The van der Waals surface area contributed by atoms with E-state index in [-0.39, 0.29) is 24.8 Å². The maximum Gasteiger partial charge on any atom is 0.257 e. The third-order valence-electron chi connectivity index (χ3n) is 5.85. The molecule has 0 aliphatic carbocycles. The van der Waals surface area contributed by atoms with E-state index in [2.05, 4.69) is 5.32 Å². The van der Waals surface area contributed by atoms with Crippen molar-refractivity contribution in [2.45, 2.75) is 32.9 Å². The molecule has 0 saturated carbocycles. The van der Waals surface area contributed by atoms with E-state index in [1.54, 1.807) is 61.5 Å². The second-order valence-corrected chi connectivity index (χ2v) is 8.39. The van der Waals surface area contributed by atoms with Crippen LogP contribution in [-0.2, 0) is 20.9 Å². The number of hydrogen-bond donors (Lipinski definition) is 1. The summed E-state index contributed by atoms with van der Waals surface area (Å²) in [5, 5.41) is 2.63. The van der Waals surface area contributed by atoms with Gasteiger partial charge in [-0.1, -0.05) is 30.3 Å². The molecule has 178 valence electrons. The predicted molar refractivity (Wildman–Crippen MR) is 129 cm³/mol. The molecule has 1 aliphatic rings. The normalized spacial score (nSPS) is 15.3. The van der Waals surface area contributed by atoms with Gasteiger partial charge < -0.3 is 10.2 Å². The first-order valence-corrected chi connectivity index (χ1v) is 11.1. The molecular formula is C27H24FN3O4. The van der Waals surface area contributed by atoms with Gasteiger partial charge in [0, 0.05) is 24.7 Å². The van der Waals surface area contributed by atoms with Gasteiger partial charge in [-0.05, 0) is 60.5 Å². The summed E-state index contributed by atoms with van der Waals surface area (Å²) in [7, 11) is 0. The number of halogens is 1. The second-order valence-electron chi connectivity index (χ2n) is 8.39. The quantitative estimate of drug-likeness (QED) is 0.547. The number of carbonyl (C=O) groups excluding carboxylic acids is 4. The molecular weight excluding hydrogens is 449 g/mol. The van der Waals surface area contributed by atoms with Crippen LogP contribution in [0.25, 0.3) is 0 Å². The van der Waals surface area contributed by atoms with Gasteiger partial charge in [0.05, 0.1) is 12.1 Å². The molecule has 1 N–H and O–H groups in total. The van der Waals surface area contributed by atoms with Crippen molar-refractivity contribution in [3.8, 4) is 0 Å². The molecule has 7 nitrogen and oxygen atoms in total. The molecule has 1 aliphatic heterocycles. The zero-order chi connectivity index (χ0) is 25.1. The van der Waals surface area contributed by atoms with Crippen molar-refractivity contribution in [1.29, 1.82) is 0 Å². The molecule has 35 heavy (non-hydrogen) atoms. The lowest BCUT2D eigenvalue weighted by Crippen LogP contribution is -2.45. The number of anilines is 2. The number of carbonyl (C=O) groups is 4. The van der Waals surface area contributed by atoms with Gasteiger partial charge >= 0.3 is 0 Å². The maximum absolute atomic E-state index is 13.6.